The first-order chi connectivity index (χ1) is 20.8. The third kappa shape index (κ3) is 5.25. The molecule has 2 aromatic carbocycles. The van der Waals surface area contributed by atoms with E-state index in [2.05, 4.69) is 10.6 Å². The fourth-order valence-corrected chi connectivity index (χ4v) is 8.60. The van der Waals surface area contributed by atoms with Crippen molar-refractivity contribution in [1.29, 1.82) is 0 Å². The molecule has 1 spiro atoms. The van der Waals surface area contributed by atoms with Crippen LogP contribution in [0.2, 0.25) is 0 Å². The van der Waals surface area contributed by atoms with E-state index in [9.17, 15) is 58.2 Å². The third-order valence-corrected chi connectivity index (χ3v) is 11.6. The number of carbonyl (C=O) groups is 2. The van der Waals surface area contributed by atoms with E-state index in [1.54, 1.807) is 0 Å². The average Bonchev–Trinajstić information content (AvgIpc) is 3.54. The largest absolute Gasteiger partial charge is 0.435 e. The molecule has 3 fully saturated rings. The van der Waals surface area contributed by atoms with Gasteiger partial charge in [-0.25, -0.2) is 17.2 Å². The summed E-state index contributed by atoms with van der Waals surface area (Å²) in [5, 5.41) is 14.8. The van der Waals surface area contributed by atoms with Gasteiger partial charge in [-0.2, -0.15) is 26.3 Å². The molecule has 17 heteroatoms. The molecule has 45 heavy (non-hydrogen) atoms. The number of likely N-dealkylation sites (tertiary alicyclic amines) is 1. The Balaban J connectivity index is 1.48. The van der Waals surface area contributed by atoms with Gasteiger partial charge in [0.2, 0.25) is 11.8 Å². The van der Waals surface area contributed by atoms with E-state index >= 15 is 0 Å². The van der Waals surface area contributed by atoms with E-state index in [1.807, 2.05) is 0 Å². The van der Waals surface area contributed by atoms with Crippen LogP contribution < -0.4 is 10.6 Å². The normalized spacial score (nSPS) is 28.0. The number of hydrogen-bond donors (Lipinski definition) is 3. The van der Waals surface area contributed by atoms with Gasteiger partial charge < -0.3 is 15.3 Å². The molecule has 5 rings (SSSR count). The summed E-state index contributed by atoms with van der Waals surface area (Å²) in [7, 11) is -4.59. The molecule has 3 N–H and O–H groups in total. The van der Waals surface area contributed by atoms with Crippen molar-refractivity contribution in [1.82, 2.24) is 15.5 Å². The summed E-state index contributed by atoms with van der Waals surface area (Å²) < 4.78 is 135. The highest BCUT2D eigenvalue weighted by atomic mass is 32.2. The number of rotatable bonds is 5. The lowest BCUT2D eigenvalue weighted by Crippen LogP contribution is -2.51. The second kappa shape index (κ2) is 10.9. The number of hydrogen-bond acceptors (Lipinski definition) is 6. The first-order valence-electron chi connectivity index (χ1n) is 13.8. The highest BCUT2D eigenvalue weighted by Crippen LogP contribution is 2.54. The van der Waals surface area contributed by atoms with Gasteiger partial charge in [-0.3, -0.25) is 14.9 Å². The van der Waals surface area contributed by atoms with Crippen molar-refractivity contribution in [2.45, 2.75) is 71.7 Å². The van der Waals surface area contributed by atoms with Gasteiger partial charge in [0.25, 0.3) is 0 Å². The van der Waals surface area contributed by atoms with Gasteiger partial charge in [0.15, 0.2) is 16.2 Å². The number of nitrogens with zero attached hydrogens (tertiary/aromatic N) is 1. The number of halogens is 8. The lowest BCUT2D eigenvalue weighted by Gasteiger charge is -2.36. The molecule has 2 unspecified atom stereocenters. The average molecular weight is 670 g/mol. The van der Waals surface area contributed by atoms with Crippen molar-refractivity contribution in [3.05, 3.63) is 65.5 Å². The summed E-state index contributed by atoms with van der Waals surface area (Å²) in [5.41, 5.74) is -8.91. The number of sulfone groups is 1. The smallest absolute Gasteiger partial charge is 0.361 e. The maximum Gasteiger partial charge on any atom is 0.435 e. The number of amides is 2. The second-order valence-corrected chi connectivity index (χ2v) is 13.8. The van der Waals surface area contributed by atoms with E-state index < -0.39 is 85.0 Å². The highest BCUT2D eigenvalue weighted by molar-refractivity contribution is 7.92. The summed E-state index contributed by atoms with van der Waals surface area (Å²) in [5.74, 6) is -2.33. The van der Waals surface area contributed by atoms with Crippen LogP contribution in [0.5, 0.6) is 0 Å². The zero-order chi connectivity index (χ0) is 33.2. The molecule has 2 heterocycles. The molecule has 0 bridgehead atoms. The molecule has 2 saturated heterocycles. The van der Waals surface area contributed by atoms with E-state index in [0.29, 0.717) is 12.1 Å². The first-order valence-corrected chi connectivity index (χ1v) is 15.2. The number of alkyl halides is 7. The van der Waals surface area contributed by atoms with Crippen LogP contribution in [-0.2, 0) is 29.8 Å². The highest BCUT2D eigenvalue weighted by Gasteiger charge is 2.73. The SMILES string of the molecule is O=C(C1CCC2(CC1)NC(O)NC2=O)N1CCC(c2ccc(C(F)(C(F)(F)F)C(F)(F)F)cc2)(S(=O)(=O)c2ccc(F)cc2)C1. The van der Waals surface area contributed by atoms with E-state index in [0.717, 1.165) is 24.3 Å². The predicted octanol–water partition coefficient (Wildman–Crippen LogP) is 3.94. The maximum atomic E-state index is 14.7. The molecule has 8 nitrogen and oxygen atoms in total. The summed E-state index contributed by atoms with van der Waals surface area (Å²) >= 11 is 0. The first kappa shape index (κ1) is 33.1. The quantitative estimate of drug-likeness (QED) is 0.329. The zero-order valence-corrected chi connectivity index (χ0v) is 24.0. The predicted molar refractivity (Wildman–Crippen MR) is 140 cm³/mol. The topological polar surface area (TPSA) is 116 Å². The summed E-state index contributed by atoms with van der Waals surface area (Å²) in [6.07, 6.45) is -13.6. The van der Waals surface area contributed by atoms with E-state index in [1.165, 1.54) is 4.90 Å². The van der Waals surface area contributed by atoms with Crippen LogP contribution in [0.1, 0.15) is 43.2 Å². The summed E-state index contributed by atoms with van der Waals surface area (Å²) in [4.78, 5) is 26.7. The number of nitrogens with one attached hydrogen (secondary N) is 2. The van der Waals surface area contributed by atoms with Crippen LogP contribution in [0.3, 0.4) is 0 Å². The van der Waals surface area contributed by atoms with E-state index in [-0.39, 0.29) is 56.3 Å². The van der Waals surface area contributed by atoms with Crippen molar-refractivity contribution >= 4 is 21.7 Å². The lowest BCUT2D eigenvalue weighted by atomic mass is 9.76. The molecular formula is C28H27F8N3O5S. The van der Waals surface area contributed by atoms with Gasteiger partial charge >= 0.3 is 18.0 Å². The van der Waals surface area contributed by atoms with Crippen LogP contribution in [0, 0.1) is 11.7 Å². The lowest BCUT2D eigenvalue weighted by molar-refractivity contribution is -0.348. The van der Waals surface area contributed by atoms with Crippen molar-refractivity contribution in [2.75, 3.05) is 13.1 Å². The van der Waals surface area contributed by atoms with Crippen LogP contribution in [-0.4, -0.2) is 67.6 Å². The Morgan fingerprint density at radius 2 is 1.44 bits per heavy atom. The summed E-state index contributed by atoms with van der Waals surface area (Å²) in [6, 6.07) is 5.36. The van der Waals surface area contributed by atoms with Gasteiger partial charge in [-0.05, 0) is 61.9 Å². The van der Waals surface area contributed by atoms with Gasteiger partial charge in [0.05, 0.1) is 4.90 Å². The molecule has 2 amide bonds. The second-order valence-electron chi connectivity index (χ2n) is 11.6. The van der Waals surface area contributed by atoms with Crippen LogP contribution in [0.4, 0.5) is 35.1 Å². The molecular weight excluding hydrogens is 642 g/mol. The Hall–Kier alpha value is -3.31. The number of aliphatic hydroxyl groups excluding tert-OH is 1. The third-order valence-electron chi connectivity index (χ3n) is 9.08. The number of carbonyl (C=O) groups excluding carboxylic acids is 2. The minimum atomic E-state index is -6.38. The number of aliphatic hydroxyl groups is 1. The Kier molecular flexibility index (Phi) is 8.01. The van der Waals surface area contributed by atoms with Crippen molar-refractivity contribution in [3.8, 4) is 0 Å². The fourth-order valence-electron chi connectivity index (χ4n) is 6.52. The summed E-state index contributed by atoms with van der Waals surface area (Å²) in [6.45, 7) is -0.721. The van der Waals surface area contributed by atoms with Crippen molar-refractivity contribution in [2.24, 2.45) is 5.92 Å². The Morgan fingerprint density at radius 3 is 1.93 bits per heavy atom. The van der Waals surface area contributed by atoms with Gasteiger partial charge in [-0.15, -0.1) is 0 Å². The molecule has 2 atom stereocenters. The fraction of sp³-hybridized carbons (Fsp3) is 0.500. The molecule has 0 aromatic heterocycles. The van der Waals surface area contributed by atoms with Crippen LogP contribution in [0.15, 0.2) is 53.4 Å². The molecule has 0 radical (unpaired) electrons. The number of benzene rings is 2. The van der Waals surface area contributed by atoms with Crippen LogP contribution in [0.25, 0.3) is 0 Å². The zero-order valence-electron chi connectivity index (χ0n) is 23.2. The monoisotopic (exact) mass is 669 g/mol. The Morgan fingerprint density at radius 1 is 0.889 bits per heavy atom. The van der Waals surface area contributed by atoms with Gasteiger partial charge in [0.1, 0.15) is 16.1 Å². The molecule has 2 aromatic rings. The van der Waals surface area contributed by atoms with Gasteiger partial charge in [-0.1, -0.05) is 24.3 Å². The molecule has 3 aliphatic rings. The maximum absolute atomic E-state index is 14.7. The van der Waals surface area contributed by atoms with Gasteiger partial charge in [0, 0.05) is 24.6 Å². The minimum Gasteiger partial charge on any atom is -0.361 e. The van der Waals surface area contributed by atoms with E-state index in [4.69, 9.17) is 0 Å². The molecule has 2 aliphatic heterocycles. The minimum absolute atomic E-state index is 0.168. The van der Waals surface area contributed by atoms with Crippen molar-refractivity contribution in [3.63, 3.8) is 0 Å². The Labute approximate surface area is 251 Å². The molecule has 246 valence electrons. The van der Waals surface area contributed by atoms with Crippen molar-refractivity contribution < 1.29 is 58.2 Å². The van der Waals surface area contributed by atoms with Crippen LogP contribution >= 0.6 is 0 Å². The molecule has 1 aliphatic carbocycles. The Bertz CT molecular complexity index is 1560. The molecule has 1 saturated carbocycles. The standard InChI is InChI=1S/C28H27F8N3O5S/c29-19-5-7-20(8-6-19)45(43,44)25(17-1-3-18(4-2-17)26(30,27(31,32)33)28(34,35)36)13-14-39(15-25)21(40)16-9-11-24(12-10-16)22(41)37-23(42)38-24/h1-8,16,23,38,42H,9-15H2,(H,37,41).